The Bertz CT molecular complexity index is 449. The summed E-state index contributed by atoms with van der Waals surface area (Å²) in [4.78, 5) is 25.8. The van der Waals surface area contributed by atoms with Crippen LogP contribution in [0.25, 0.3) is 0 Å². The molecule has 21 heavy (non-hydrogen) atoms. The first-order chi connectivity index (χ1) is 10.2. The van der Waals surface area contributed by atoms with Crippen LogP contribution in [0.5, 0.6) is 0 Å². The zero-order chi connectivity index (χ0) is 15.1. The van der Waals surface area contributed by atoms with Crippen molar-refractivity contribution in [3.63, 3.8) is 0 Å². The number of likely N-dealkylation sites (tertiary alicyclic amines) is 1. The molecule has 0 radical (unpaired) electrons. The van der Waals surface area contributed by atoms with E-state index in [-0.39, 0.29) is 25.8 Å². The van der Waals surface area contributed by atoms with Crippen molar-refractivity contribution in [1.29, 1.82) is 0 Å². The summed E-state index contributed by atoms with van der Waals surface area (Å²) in [6, 6.07) is 0. The van der Waals surface area contributed by atoms with Crippen LogP contribution in [-0.2, 0) is 14.3 Å². The maximum Gasteiger partial charge on any atom is 0.248 e. The van der Waals surface area contributed by atoms with Crippen molar-refractivity contribution in [2.45, 2.75) is 25.7 Å². The normalized spacial score (nSPS) is 21.9. The van der Waals surface area contributed by atoms with Crippen molar-refractivity contribution >= 4 is 11.8 Å². The predicted octanol–water partition coefficient (Wildman–Crippen LogP) is 1.51. The number of piperidine rings is 1. The van der Waals surface area contributed by atoms with E-state index >= 15 is 0 Å². The van der Waals surface area contributed by atoms with Crippen molar-refractivity contribution in [3.05, 3.63) is 23.8 Å². The molecule has 0 spiro atoms. The third-order valence-electron chi connectivity index (χ3n) is 3.95. The summed E-state index contributed by atoms with van der Waals surface area (Å²) in [7, 11) is 1.51. The van der Waals surface area contributed by atoms with Gasteiger partial charge in [-0.1, -0.05) is 18.2 Å². The summed E-state index contributed by atoms with van der Waals surface area (Å²) in [6.45, 7) is 1.90. The van der Waals surface area contributed by atoms with Gasteiger partial charge in [-0.25, -0.2) is 0 Å². The quantitative estimate of drug-likeness (QED) is 0.836. The molecule has 0 unspecified atom stereocenters. The van der Waals surface area contributed by atoms with E-state index in [1.165, 1.54) is 7.11 Å². The standard InChI is InChI=1S/C16H24N2O3.H2/c1-21-12-15(19)18-9-5-8-14(11-18)16(20)17-10-13-6-3-2-4-7-13;/h3,6-7,14H,2,4-5,8-12H2,1H3,(H,17,20);1H/t14-;/m0./s1. The van der Waals surface area contributed by atoms with Gasteiger partial charge in [0.2, 0.25) is 11.8 Å². The molecule has 1 atom stereocenters. The number of carbonyl (C=O) groups excluding carboxylic acids is 2. The van der Waals surface area contributed by atoms with Crippen LogP contribution in [0.2, 0.25) is 0 Å². The molecule has 0 aromatic carbocycles. The Morgan fingerprint density at radius 3 is 3.05 bits per heavy atom. The molecule has 2 aliphatic rings. The van der Waals surface area contributed by atoms with Crippen molar-refractivity contribution in [3.8, 4) is 0 Å². The maximum absolute atomic E-state index is 12.2. The minimum absolute atomic E-state index is 0. The fraction of sp³-hybridized carbons (Fsp3) is 0.625. The van der Waals surface area contributed by atoms with E-state index in [0.717, 1.165) is 37.8 Å². The van der Waals surface area contributed by atoms with E-state index in [2.05, 4.69) is 23.5 Å². The van der Waals surface area contributed by atoms with Crippen LogP contribution in [0.3, 0.4) is 0 Å². The van der Waals surface area contributed by atoms with Gasteiger partial charge in [0.25, 0.3) is 0 Å². The van der Waals surface area contributed by atoms with Gasteiger partial charge in [-0.15, -0.1) is 0 Å². The van der Waals surface area contributed by atoms with Gasteiger partial charge >= 0.3 is 0 Å². The first-order valence-corrected chi connectivity index (χ1v) is 7.60. The summed E-state index contributed by atoms with van der Waals surface area (Å²) >= 11 is 0. The maximum atomic E-state index is 12.2. The Hall–Kier alpha value is -1.62. The Morgan fingerprint density at radius 2 is 2.33 bits per heavy atom. The number of carbonyl (C=O) groups is 2. The zero-order valence-electron chi connectivity index (χ0n) is 12.6. The summed E-state index contributed by atoms with van der Waals surface area (Å²) in [5.41, 5.74) is 1.16. The van der Waals surface area contributed by atoms with Crippen molar-refractivity contribution in [1.82, 2.24) is 10.2 Å². The monoisotopic (exact) mass is 294 g/mol. The second-order valence-electron chi connectivity index (χ2n) is 5.59. The summed E-state index contributed by atoms with van der Waals surface area (Å²) in [5.74, 6) is -0.0922. The molecule has 0 bridgehead atoms. The third-order valence-corrected chi connectivity index (χ3v) is 3.95. The van der Waals surface area contributed by atoms with Gasteiger partial charge in [-0.3, -0.25) is 9.59 Å². The number of ether oxygens (including phenoxy) is 1. The highest BCUT2D eigenvalue weighted by Crippen LogP contribution is 2.17. The molecular weight excluding hydrogens is 268 g/mol. The average Bonchev–Trinajstić information content (AvgIpc) is 2.54. The van der Waals surface area contributed by atoms with Crippen LogP contribution in [0.4, 0.5) is 0 Å². The van der Waals surface area contributed by atoms with Crippen molar-refractivity contribution < 1.29 is 15.8 Å². The van der Waals surface area contributed by atoms with Gasteiger partial charge in [0.1, 0.15) is 6.61 Å². The van der Waals surface area contributed by atoms with E-state index in [1.54, 1.807) is 4.90 Å². The van der Waals surface area contributed by atoms with E-state index < -0.39 is 0 Å². The van der Waals surface area contributed by atoms with Gasteiger partial charge in [0, 0.05) is 28.2 Å². The topological polar surface area (TPSA) is 58.6 Å². The molecule has 1 aliphatic heterocycles. The largest absolute Gasteiger partial charge is 0.375 e. The molecule has 1 saturated heterocycles. The fourth-order valence-electron chi connectivity index (χ4n) is 2.76. The molecular formula is C16H26N2O3. The number of allylic oxidation sites excluding steroid dienone is 2. The molecule has 2 amide bonds. The molecule has 0 saturated carbocycles. The number of hydrogen-bond donors (Lipinski definition) is 1. The number of methoxy groups -OCH3 is 1. The van der Waals surface area contributed by atoms with Gasteiger partial charge in [0.15, 0.2) is 0 Å². The van der Waals surface area contributed by atoms with E-state index in [0.29, 0.717) is 13.1 Å². The Balaban J connectivity index is 0.00000242. The molecule has 118 valence electrons. The highest BCUT2D eigenvalue weighted by atomic mass is 16.5. The fourth-order valence-corrected chi connectivity index (χ4v) is 2.76. The molecule has 2 rings (SSSR count). The Kier molecular flexibility index (Phi) is 5.99. The lowest BCUT2D eigenvalue weighted by atomic mass is 9.97. The Labute approximate surface area is 127 Å². The number of amides is 2. The van der Waals surface area contributed by atoms with Crippen LogP contribution in [0.1, 0.15) is 27.1 Å². The summed E-state index contributed by atoms with van der Waals surface area (Å²) in [5, 5.41) is 2.99. The van der Waals surface area contributed by atoms with E-state index in [9.17, 15) is 9.59 Å². The van der Waals surface area contributed by atoms with Gasteiger partial charge in [-0.2, -0.15) is 0 Å². The highest BCUT2D eigenvalue weighted by Gasteiger charge is 2.28. The smallest absolute Gasteiger partial charge is 0.248 e. The number of nitrogens with one attached hydrogen (secondary N) is 1. The minimum Gasteiger partial charge on any atom is -0.375 e. The van der Waals surface area contributed by atoms with Gasteiger partial charge in [0.05, 0.1) is 5.92 Å². The van der Waals surface area contributed by atoms with Crippen LogP contribution in [-0.4, -0.2) is 50.1 Å². The second kappa shape index (κ2) is 7.98. The first-order valence-electron chi connectivity index (χ1n) is 7.60. The molecule has 5 heteroatoms. The molecule has 0 aromatic heterocycles. The lowest BCUT2D eigenvalue weighted by Gasteiger charge is -2.32. The molecule has 0 aromatic rings. The number of nitrogens with zero attached hydrogens (tertiary/aromatic N) is 1. The van der Waals surface area contributed by atoms with E-state index in [1.807, 2.05) is 0 Å². The lowest BCUT2D eigenvalue weighted by Crippen LogP contribution is -2.46. The third kappa shape index (κ3) is 4.70. The van der Waals surface area contributed by atoms with Crippen molar-refractivity contribution in [2.24, 2.45) is 5.92 Å². The lowest BCUT2D eigenvalue weighted by molar-refractivity contribution is -0.138. The average molecular weight is 294 g/mol. The Morgan fingerprint density at radius 1 is 1.48 bits per heavy atom. The summed E-state index contributed by atoms with van der Waals surface area (Å²) in [6.07, 6.45) is 10.2. The highest BCUT2D eigenvalue weighted by molar-refractivity contribution is 5.82. The first kappa shape index (κ1) is 15.8. The van der Waals surface area contributed by atoms with Crippen LogP contribution in [0.15, 0.2) is 23.8 Å². The van der Waals surface area contributed by atoms with Crippen LogP contribution >= 0.6 is 0 Å². The van der Waals surface area contributed by atoms with Crippen LogP contribution < -0.4 is 5.32 Å². The van der Waals surface area contributed by atoms with E-state index in [4.69, 9.17) is 4.74 Å². The molecule has 5 nitrogen and oxygen atoms in total. The van der Waals surface area contributed by atoms with Crippen molar-refractivity contribution in [2.75, 3.05) is 33.4 Å². The zero-order valence-corrected chi connectivity index (χ0v) is 12.6. The predicted molar refractivity (Wildman–Crippen MR) is 82.8 cm³/mol. The molecule has 1 fully saturated rings. The van der Waals surface area contributed by atoms with Gasteiger partial charge < -0.3 is 15.0 Å². The molecule has 1 N–H and O–H groups in total. The summed E-state index contributed by atoms with van der Waals surface area (Å²) < 4.78 is 4.87. The molecule has 1 aliphatic carbocycles. The number of hydrogen-bond acceptors (Lipinski definition) is 3. The SMILES string of the molecule is COCC(=O)N1CCC[C@H](C(=O)NCC2=CCCC=C2)C1.[HH]. The van der Waals surface area contributed by atoms with Gasteiger partial charge in [-0.05, 0) is 31.3 Å². The second-order valence-corrected chi connectivity index (χ2v) is 5.59. The number of rotatable bonds is 5. The van der Waals surface area contributed by atoms with Crippen LogP contribution in [0, 0.1) is 5.92 Å². The molecule has 1 heterocycles. The minimum atomic E-state index is -0.104.